The molecule has 1 aromatic carbocycles. The number of nitrogens with one attached hydrogen (secondary N) is 1. The molecule has 1 unspecified atom stereocenters. The van der Waals surface area contributed by atoms with E-state index in [0.29, 0.717) is 0 Å². The highest BCUT2D eigenvalue weighted by Gasteiger charge is 2.30. The molecule has 1 saturated heterocycles. The van der Waals surface area contributed by atoms with Gasteiger partial charge in [0.25, 0.3) is 0 Å². The molecule has 1 atom stereocenters. The Morgan fingerprint density at radius 3 is 2.38 bits per heavy atom. The van der Waals surface area contributed by atoms with Crippen molar-refractivity contribution in [1.29, 1.82) is 0 Å². The Labute approximate surface area is 143 Å². The van der Waals surface area contributed by atoms with Gasteiger partial charge in [-0.15, -0.1) is 0 Å². The maximum atomic E-state index is 13.0. The highest BCUT2D eigenvalue weighted by molar-refractivity contribution is 5.95. The summed E-state index contributed by atoms with van der Waals surface area (Å²) in [6.07, 6.45) is 0. The number of nitrogens with zero attached hydrogens (tertiary/aromatic N) is 4. The molecule has 1 N–H and O–H groups in total. The number of aryl methyl sites for hydroxylation is 2. The third kappa shape index (κ3) is 3.66. The lowest BCUT2D eigenvalue weighted by Crippen LogP contribution is -2.48. The summed E-state index contributed by atoms with van der Waals surface area (Å²) in [7, 11) is 3.96. The smallest absolute Gasteiger partial charge is 0.247 e. The summed E-state index contributed by atoms with van der Waals surface area (Å²) >= 11 is 0. The maximum absolute atomic E-state index is 13.0. The number of carbonyl (C=O) groups is 1. The number of rotatable bonds is 4. The average Bonchev–Trinajstić information content (AvgIpc) is 2.88. The van der Waals surface area contributed by atoms with Crippen molar-refractivity contribution in [2.24, 2.45) is 7.05 Å². The van der Waals surface area contributed by atoms with Gasteiger partial charge in [0.1, 0.15) is 11.9 Å². The second kappa shape index (κ2) is 7.15. The molecular weight excluding hydrogens is 302 g/mol. The van der Waals surface area contributed by atoms with Crippen molar-refractivity contribution >= 4 is 11.7 Å². The summed E-state index contributed by atoms with van der Waals surface area (Å²) in [5, 5.41) is 7.34. The van der Waals surface area contributed by atoms with Gasteiger partial charge in [-0.1, -0.05) is 30.3 Å². The molecule has 1 fully saturated rings. The van der Waals surface area contributed by atoms with E-state index >= 15 is 0 Å². The highest BCUT2D eigenvalue weighted by Crippen LogP contribution is 2.24. The lowest BCUT2D eigenvalue weighted by atomic mass is 10.0. The van der Waals surface area contributed by atoms with Gasteiger partial charge in [0.15, 0.2) is 0 Å². The molecule has 2 aromatic rings. The van der Waals surface area contributed by atoms with Gasteiger partial charge in [-0.05, 0) is 19.5 Å². The van der Waals surface area contributed by atoms with Crippen LogP contribution in [0.5, 0.6) is 0 Å². The van der Waals surface area contributed by atoms with E-state index in [2.05, 4.69) is 27.3 Å². The number of hydrogen-bond acceptors (Lipinski definition) is 4. The van der Waals surface area contributed by atoms with Crippen molar-refractivity contribution in [3.05, 3.63) is 47.7 Å². The van der Waals surface area contributed by atoms with Gasteiger partial charge in [-0.3, -0.25) is 14.4 Å². The van der Waals surface area contributed by atoms with E-state index < -0.39 is 0 Å². The summed E-state index contributed by atoms with van der Waals surface area (Å²) in [5.41, 5.74) is 1.92. The van der Waals surface area contributed by atoms with Crippen LogP contribution in [-0.4, -0.2) is 58.7 Å². The quantitative estimate of drug-likeness (QED) is 0.928. The molecule has 3 rings (SSSR count). The Hall–Kier alpha value is -2.18. The zero-order chi connectivity index (χ0) is 17.1. The van der Waals surface area contributed by atoms with Crippen LogP contribution in [0.4, 0.5) is 5.82 Å². The van der Waals surface area contributed by atoms with E-state index in [1.165, 1.54) is 0 Å². The van der Waals surface area contributed by atoms with E-state index in [1.54, 1.807) is 4.68 Å². The van der Waals surface area contributed by atoms with Crippen LogP contribution in [0.25, 0.3) is 0 Å². The molecule has 6 heteroatoms. The Kier molecular flexibility index (Phi) is 4.97. The second-order valence-electron chi connectivity index (χ2n) is 6.44. The first-order valence-electron chi connectivity index (χ1n) is 8.33. The van der Waals surface area contributed by atoms with Gasteiger partial charge in [0, 0.05) is 39.3 Å². The van der Waals surface area contributed by atoms with Gasteiger partial charge < -0.3 is 10.2 Å². The van der Waals surface area contributed by atoms with E-state index in [-0.39, 0.29) is 11.9 Å². The second-order valence-corrected chi connectivity index (χ2v) is 6.44. The third-order valence-corrected chi connectivity index (χ3v) is 4.52. The number of aromatic nitrogens is 2. The Morgan fingerprint density at radius 1 is 1.12 bits per heavy atom. The van der Waals surface area contributed by atoms with Crippen LogP contribution >= 0.6 is 0 Å². The Balaban J connectivity index is 1.84. The molecule has 0 bridgehead atoms. The molecule has 0 spiro atoms. The van der Waals surface area contributed by atoms with Crippen LogP contribution in [0.3, 0.4) is 0 Å². The van der Waals surface area contributed by atoms with Crippen LogP contribution in [0.2, 0.25) is 0 Å². The largest absolute Gasteiger partial charge is 0.309 e. The first kappa shape index (κ1) is 16.7. The van der Waals surface area contributed by atoms with Crippen molar-refractivity contribution in [3.63, 3.8) is 0 Å². The number of piperazine rings is 1. The topological polar surface area (TPSA) is 53.4 Å². The summed E-state index contributed by atoms with van der Waals surface area (Å²) in [6.45, 7) is 5.63. The van der Waals surface area contributed by atoms with Gasteiger partial charge in [-0.2, -0.15) is 5.10 Å². The highest BCUT2D eigenvalue weighted by atomic mass is 16.2. The molecule has 0 radical (unpaired) electrons. The number of carbonyl (C=O) groups excluding carboxylic acids is 1. The van der Waals surface area contributed by atoms with E-state index in [1.807, 2.05) is 50.4 Å². The number of hydrogen-bond donors (Lipinski definition) is 1. The fraction of sp³-hybridized carbons (Fsp3) is 0.444. The molecule has 1 aromatic heterocycles. The summed E-state index contributed by atoms with van der Waals surface area (Å²) in [5.74, 6) is 0.723. The number of likely N-dealkylation sites (N-methyl/N-ethyl adjacent to an activating group) is 1. The Morgan fingerprint density at radius 2 is 1.79 bits per heavy atom. The Bertz CT molecular complexity index is 689. The minimum atomic E-state index is -0.282. The van der Waals surface area contributed by atoms with Gasteiger partial charge in [-0.25, -0.2) is 0 Å². The molecule has 24 heavy (non-hydrogen) atoms. The SMILES string of the molecule is Cc1cc(NC(=O)C(c2ccccc2)N2CCN(C)CC2)n(C)n1. The van der Waals surface area contributed by atoms with Crippen molar-refractivity contribution in [3.8, 4) is 0 Å². The zero-order valence-corrected chi connectivity index (χ0v) is 14.6. The standard InChI is InChI=1S/C18H25N5O/c1-14-13-16(22(3)20-14)19-18(24)17(15-7-5-4-6-8-15)23-11-9-21(2)10-12-23/h4-8,13,17H,9-12H2,1-3H3,(H,19,24). The van der Waals surface area contributed by atoms with Crippen molar-refractivity contribution < 1.29 is 4.79 Å². The van der Waals surface area contributed by atoms with E-state index in [0.717, 1.165) is 43.3 Å². The molecule has 128 valence electrons. The van der Waals surface area contributed by atoms with Crippen LogP contribution in [0.15, 0.2) is 36.4 Å². The number of anilines is 1. The molecule has 1 aliphatic heterocycles. The van der Waals surface area contributed by atoms with Crippen molar-refractivity contribution in [2.75, 3.05) is 38.5 Å². The average molecular weight is 327 g/mol. The van der Waals surface area contributed by atoms with Crippen molar-refractivity contribution in [2.45, 2.75) is 13.0 Å². The number of amides is 1. The minimum Gasteiger partial charge on any atom is -0.309 e. The summed E-state index contributed by atoms with van der Waals surface area (Å²) < 4.78 is 1.71. The van der Waals surface area contributed by atoms with Crippen LogP contribution < -0.4 is 5.32 Å². The molecule has 0 saturated carbocycles. The van der Waals surface area contributed by atoms with Gasteiger partial charge in [0.05, 0.1) is 5.69 Å². The van der Waals surface area contributed by atoms with E-state index in [9.17, 15) is 4.79 Å². The fourth-order valence-corrected chi connectivity index (χ4v) is 3.17. The minimum absolute atomic E-state index is 0.00578. The maximum Gasteiger partial charge on any atom is 0.247 e. The first-order chi connectivity index (χ1) is 11.5. The molecule has 1 aliphatic rings. The van der Waals surface area contributed by atoms with Crippen LogP contribution in [0, 0.1) is 6.92 Å². The van der Waals surface area contributed by atoms with E-state index in [4.69, 9.17) is 0 Å². The predicted molar refractivity (Wildman–Crippen MR) is 94.8 cm³/mol. The van der Waals surface area contributed by atoms with Crippen molar-refractivity contribution in [1.82, 2.24) is 19.6 Å². The third-order valence-electron chi connectivity index (χ3n) is 4.52. The zero-order valence-electron chi connectivity index (χ0n) is 14.6. The summed E-state index contributed by atoms with van der Waals surface area (Å²) in [4.78, 5) is 17.6. The van der Waals surface area contributed by atoms with Crippen LogP contribution in [0.1, 0.15) is 17.3 Å². The van der Waals surface area contributed by atoms with Crippen LogP contribution in [-0.2, 0) is 11.8 Å². The molecular formula is C18H25N5O. The first-order valence-corrected chi connectivity index (χ1v) is 8.33. The normalized spacial score (nSPS) is 17.6. The molecule has 1 amide bonds. The molecule has 6 nitrogen and oxygen atoms in total. The lowest BCUT2D eigenvalue weighted by Gasteiger charge is -2.37. The summed E-state index contributed by atoms with van der Waals surface area (Å²) in [6, 6.07) is 11.6. The predicted octanol–water partition coefficient (Wildman–Crippen LogP) is 1.66. The fourth-order valence-electron chi connectivity index (χ4n) is 3.17. The lowest BCUT2D eigenvalue weighted by molar-refractivity contribution is -0.122. The van der Waals surface area contributed by atoms with Gasteiger partial charge >= 0.3 is 0 Å². The number of benzene rings is 1. The molecule has 2 heterocycles. The molecule has 0 aliphatic carbocycles. The monoisotopic (exact) mass is 327 g/mol. The van der Waals surface area contributed by atoms with Gasteiger partial charge in [0.2, 0.25) is 5.91 Å².